The van der Waals surface area contributed by atoms with E-state index in [4.69, 9.17) is 22.1 Å². The minimum atomic E-state index is -1.03. The number of nitriles is 1. The van der Waals surface area contributed by atoms with Gasteiger partial charge in [-0.3, -0.25) is 29.0 Å². The van der Waals surface area contributed by atoms with Crippen molar-refractivity contribution in [3.8, 4) is 22.3 Å². The summed E-state index contributed by atoms with van der Waals surface area (Å²) in [4.78, 5) is 77.0. The Hall–Kier alpha value is -5.64. The quantitative estimate of drug-likeness (QED) is 0.135. The molecule has 18 heteroatoms. The summed E-state index contributed by atoms with van der Waals surface area (Å²) in [6, 6.07) is 16.0. The summed E-state index contributed by atoms with van der Waals surface area (Å²) >= 11 is 8.04. The fourth-order valence-corrected chi connectivity index (χ4v) is 12.8. The number of likely N-dealkylation sites (tertiary alicyclic amines) is 1. The number of carbonyl (C=O) groups excluding carboxylic acids is 4. The van der Waals surface area contributed by atoms with Gasteiger partial charge in [-0.05, 0) is 54.7 Å². The molecule has 0 bridgehead atoms. The molecule has 378 valence electrons. The molecule has 0 unspecified atom stereocenters. The number of rotatable bonds is 14. The van der Waals surface area contributed by atoms with Gasteiger partial charge in [-0.2, -0.15) is 5.26 Å². The molecule has 4 atom stereocenters. The van der Waals surface area contributed by atoms with Crippen LogP contribution in [0.3, 0.4) is 0 Å². The van der Waals surface area contributed by atoms with Gasteiger partial charge in [-0.1, -0.05) is 84.3 Å². The van der Waals surface area contributed by atoms with Gasteiger partial charge in [-0.25, -0.2) is 9.97 Å². The largest absolute Gasteiger partial charge is 0.489 e. The van der Waals surface area contributed by atoms with Gasteiger partial charge in [-0.15, -0.1) is 11.3 Å². The van der Waals surface area contributed by atoms with E-state index in [9.17, 15) is 20.0 Å². The molecule has 71 heavy (non-hydrogen) atoms. The Morgan fingerprint density at radius 1 is 1.00 bits per heavy atom. The van der Waals surface area contributed by atoms with E-state index in [-0.39, 0.29) is 36.3 Å². The zero-order chi connectivity index (χ0) is 51.3. The van der Waals surface area contributed by atoms with Crippen LogP contribution in [0.5, 0.6) is 5.75 Å². The first-order valence-electron chi connectivity index (χ1n) is 24.4. The molecule has 16 nitrogen and oxygen atoms in total. The second kappa shape index (κ2) is 20.1. The van der Waals surface area contributed by atoms with E-state index < -0.39 is 64.4 Å². The van der Waals surface area contributed by atoms with E-state index >= 15 is 9.59 Å². The van der Waals surface area contributed by atoms with Gasteiger partial charge < -0.3 is 35.6 Å². The van der Waals surface area contributed by atoms with Crippen molar-refractivity contribution in [1.29, 1.82) is 5.26 Å². The molecule has 1 saturated carbocycles. The predicted octanol–water partition coefficient (Wildman–Crippen LogP) is 5.91. The lowest BCUT2D eigenvalue weighted by molar-refractivity contribution is -0.225. The highest BCUT2D eigenvalue weighted by molar-refractivity contribution is 7.13. The molecule has 2 aromatic carbocycles. The molecule has 4 aliphatic rings. The summed E-state index contributed by atoms with van der Waals surface area (Å²) in [6.07, 6.45) is 0.182. The van der Waals surface area contributed by atoms with Gasteiger partial charge in [0.25, 0.3) is 0 Å². The van der Waals surface area contributed by atoms with E-state index in [0.29, 0.717) is 36.0 Å². The van der Waals surface area contributed by atoms with Crippen molar-refractivity contribution in [3.63, 3.8) is 0 Å². The number of nitrogens with zero attached hydrogens (tertiary/aromatic N) is 8. The molecular formula is C53H67ClN10O6S. The number of aromatic nitrogens is 2. The molecule has 4 amide bonds. The summed E-state index contributed by atoms with van der Waals surface area (Å²) in [5.74, 6) is -0.205. The minimum Gasteiger partial charge on any atom is -0.489 e. The zero-order valence-electron chi connectivity index (χ0n) is 42.2. The van der Waals surface area contributed by atoms with Crippen LogP contribution in [0.4, 0.5) is 5.82 Å². The van der Waals surface area contributed by atoms with Crippen LogP contribution in [-0.2, 0) is 14.4 Å². The molecule has 5 heterocycles. The first-order chi connectivity index (χ1) is 33.5. The molecule has 3 aliphatic heterocycles. The number of nitrogens with one attached hydrogen (secondary N) is 1. The van der Waals surface area contributed by atoms with Crippen molar-refractivity contribution in [3.05, 3.63) is 93.7 Å². The summed E-state index contributed by atoms with van der Waals surface area (Å²) in [5, 5.41) is 24.2. The highest BCUT2D eigenvalue weighted by Gasteiger charge is 2.68. The van der Waals surface area contributed by atoms with Gasteiger partial charge in [0.2, 0.25) is 23.6 Å². The molecule has 2 aromatic heterocycles. The number of thiazole rings is 1. The Morgan fingerprint density at radius 2 is 1.68 bits per heavy atom. The number of hydrogen-bond donors (Lipinski definition) is 3. The van der Waals surface area contributed by atoms with Crippen LogP contribution in [0, 0.1) is 34.5 Å². The lowest BCUT2D eigenvalue weighted by atomic mass is 9.48. The van der Waals surface area contributed by atoms with Crippen molar-refractivity contribution in [2.75, 3.05) is 57.3 Å². The smallest absolute Gasteiger partial charge is 0.250 e. The molecule has 4 fully saturated rings. The summed E-state index contributed by atoms with van der Waals surface area (Å²) < 4.78 is 6.71. The number of primary amides is 1. The Morgan fingerprint density at radius 3 is 2.24 bits per heavy atom. The number of piperazine rings is 1. The van der Waals surface area contributed by atoms with Crippen LogP contribution < -0.4 is 20.7 Å². The van der Waals surface area contributed by atoms with Crippen LogP contribution in [0.1, 0.15) is 95.0 Å². The standard InChI is InChI=1S/C53H67ClN10O6S/c1-31(33-10-12-34(13-11-33)44-32(2)58-30-71-44)59-47(68)41-22-38(65)28-63(41)48(69)45(51(3,4)5)64(49-52(6,7)50(53(49,8)9)70-39-16-14-35(24-55)40(54)23-39)43(66)29-60-18-20-61(21-19-60)37-26-62(27-37)42-17-15-36(25-57-42)46(56)67/h10-17,23,25,30-31,37-38,41,45,49-50,65H,18-22,26-29H2,1-9H3,(H2,56,67)(H,59,68)/t31-,38+,41+,45+,49?,50?/m0/s1. The predicted molar refractivity (Wildman–Crippen MR) is 274 cm³/mol. The fourth-order valence-electron chi connectivity index (χ4n) is 11.8. The maximum atomic E-state index is 15.6. The Labute approximate surface area is 426 Å². The number of aryl methyl sites for hydroxylation is 1. The molecule has 0 radical (unpaired) electrons. The third-order valence-corrected chi connectivity index (χ3v) is 16.4. The maximum Gasteiger partial charge on any atom is 0.250 e. The van der Waals surface area contributed by atoms with E-state index in [1.807, 2.05) is 98.2 Å². The lowest BCUT2D eigenvalue weighted by Gasteiger charge is -2.67. The van der Waals surface area contributed by atoms with Crippen LogP contribution in [0.15, 0.2) is 66.3 Å². The number of ether oxygens (including phenoxy) is 1. The van der Waals surface area contributed by atoms with Gasteiger partial charge in [0.05, 0.1) is 50.9 Å². The second-order valence-corrected chi connectivity index (χ2v) is 23.3. The number of halogens is 1. The lowest BCUT2D eigenvalue weighted by Crippen LogP contribution is -2.79. The Kier molecular flexibility index (Phi) is 14.6. The number of benzene rings is 2. The summed E-state index contributed by atoms with van der Waals surface area (Å²) in [5.41, 5.74) is 8.57. The van der Waals surface area contributed by atoms with E-state index in [2.05, 4.69) is 36.1 Å². The van der Waals surface area contributed by atoms with E-state index in [1.54, 1.807) is 40.5 Å². The number of aliphatic hydroxyl groups is 1. The number of nitrogens with two attached hydrogens (primary N) is 1. The first kappa shape index (κ1) is 51.7. The van der Waals surface area contributed by atoms with Crippen LogP contribution in [0.2, 0.25) is 5.02 Å². The molecule has 0 spiro atoms. The van der Waals surface area contributed by atoms with Gasteiger partial charge in [0, 0.05) is 87.4 Å². The highest BCUT2D eigenvalue weighted by Crippen LogP contribution is 2.59. The molecule has 3 saturated heterocycles. The average molecular weight is 1010 g/mol. The van der Waals surface area contributed by atoms with Crippen molar-refractivity contribution >= 4 is 52.4 Å². The fraction of sp³-hybridized carbons (Fsp3) is 0.528. The topological polar surface area (TPSA) is 202 Å². The number of anilines is 1. The average Bonchev–Trinajstić information content (AvgIpc) is 3.92. The van der Waals surface area contributed by atoms with Crippen molar-refractivity contribution in [2.45, 2.75) is 111 Å². The van der Waals surface area contributed by atoms with E-state index in [0.717, 1.165) is 53.7 Å². The summed E-state index contributed by atoms with van der Waals surface area (Å²) in [6.45, 7) is 22.3. The van der Waals surface area contributed by atoms with Crippen molar-refractivity contribution < 1.29 is 29.0 Å². The van der Waals surface area contributed by atoms with Gasteiger partial charge in [0.1, 0.15) is 35.8 Å². The number of amides is 4. The van der Waals surface area contributed by atoms with Crippen LogP contribution >= 0.6 is 22.9 Å². The van der Waals surface area contributed by atoms with Crippen molar-refractivity contribution in [1.82, 2.24) is 34.9 Å². The maximum absolute atomic E-state index is 15.6. The third kappa shape index (κ3) is 10.4. The molecule has 8 rings (SSSR count). The Balaban J connectivity index is 1.02. The number of hydrogen-bond acceptors (Lipinski definition) is 13. The highest BCUT2D eigenvalue weighted by atomic mass is 35.5. The minimum absolute atomic E-state index is 0.0548. The number of pyridine rings is 1. The second-order valence-electron chi connectivity index (χ2n) is 22.0. The van der Waals surface area contributed by atoms with Crippen LogP contribution in [-0.4, -0.2) is 147 Å². The van der Waals surface area contributed by atoms with Crippen LogP contribution in [0.25, 0.3) is 10.4 Å². The van der Waals surface area contributed by atoms with Crippen molar-refractivity contribution in [2.24, 2.45) is 22.0 Å². The summed E-state index contributed by atoms with van der Waals surface area (Å²) in [7, 11) is 0. The van der Waals surface area contributed by atoms with Gasteiger partial charge >= 0.3 is 0 Å². The normalized spacial score (nSPS) is 23.2. The molecule has 4 N–H and O–H groups in total. The first-order valence-corrected chi connectivity index (χ1v) is 25.7. The molecule has 4 aromatic rings. The monoisotopic (exact) mass is 1010 g/mol. The Bertz CT molecular complexity index is 2650. The molecule has 1 aliphatic carbocycles. The van der Waals surface area contributed by atoms with Gasteiger partial charge in [0.15, 0.2) is 0 Å². The molecular weight excluding hydrogens is 940 g/mol. The van der Waals surface area contributed by atoms with E-state index in [1.165, 1.54) is 11.1 Å². The number of carbonyl (C=O) groups is 4. The SMILES string of the molecule is Cc1ncsc1-c1ccc([C@H](C)NC(=O)[C@H]2C[C@@H](O)CN2C(=O)[C@@H](N(C(=O)CN2CCN(C3CN(c4ccc(C(N)=O)cn4)C3)CC2)C2C(C)(C)C(Oc3ccc(C#N)c(Cl)c3)C2(C)C)C(C)(C)C)cc1. The number of β-amino-alcohol motifs (C(OH)–C–C–N with tert-alkyl or cyclic N) is 1. The number of aliphatic hydroxyl groups excluding tert-OH is 1. The third-order valence-electron chi connectivity index (χ3n) is 15.1. The zero-order valence-corrected chi connectivity index (χ0v) is 43.8.